The summed E-state index contributed by atoms with van der Waals surface area (Å²) in [5.41, 5.74) is -0.110. The SMILES string of the molecule is CC(F)(CO)c1ccc2c(c1)CCO2. The Balaban J connectivity index is 2.38. The number of aliphatic hydroxyl groups excluding tert-OH is 1. The summed E-state index contributed by atoms with van der Waals surface area (Å²) in [6.45, 7) is 1.55. The Bertz CT molecular complexity index is 347. The van der Waals surface area contributed by atoms with E-state index >= 15 is 0 Å². The van der Waals surface area contributed by atoms with Gasteiger partial charge in [-0.05, 0) is 30.2 Å². The lowest BCUT2D eigenvalue weighted by atomic mass is 9.96. The van der Waals surface area contributed by atoms with Gasteiger partial charge in [-0.2, -0.15) is 0 Å². The number of aliphatic hydroxyl groups is 1. The maximum absolute atomic E-state index is 13.7. The fourth-order valence-corrected chi connectivity index (χ4v) is 1.60. The molecule has 0 saturated carbocycles. The first kappa shape index (κ1) is 9.46. The lowest BCUT2D eigenvalue weighted by molar-refractivity contribution is 0.0867. The van der Waals surface area contributed by atoms with E-state index in [9.17, 15) is 4.39 Å². The van der Waals surface area contributed by atoms with Crippen molar-refractivity contribution in [3.05, 3.63) is 29.3 Å². The summed E-state index contributed by atoms with van der Waals surface area (Å²) >= 11 is 0. The number of fused-ring (bicyclic) bond motifs is 1. The normalized spacial score (nSPS) is 18.5. The van der Waals surface area contributed by atoms with Gasteiger partial charge < -0.3 is 9.84 Å². The third-order valence-corrected chi connectivity index (χ3v) is 2.59. The summed E-state index contributed by atoms with van der Waals surface area (Å²) < 4.78 is 19.0. The predicted molar refractivity (Wildman–Crippen MR) is 51.2 cm³/mol. The molecule has 3 heteroatoms. The molecule has 0 bridgehead atoms. The quantitative estimate of drug-likeness (QED) is 0.781. The minimum atomic E-state index is -1.66. The maximum Gasteiger partial charge on any atom is 0.156 e. The Labute approximate surface area is 82.3 Å². The van der Waals surface area contributed by atoms with Crippen LogP contribution < -0.4 is 4.74 Å². The van der Waals surface area contributed by atoms with Crippen LogP contribution in [0.3, 0.4) is 0 Å². The largest absolute Gasteiger partial charge is 0.493 e. The minimum absolute atomic E-state index is 0.493. The molecule has 1 N–H and O–H groups in total. The molecule has 14 heavy (non-hydrogen) atoms. The van der Waals surface area contributed by atoms with Crippen molar-refractivity contribution >= 4 is 0 Å². The summed E-state index contributed by atoms with van der Waals surface area (Å²) in [4.78, 5) is 0. The number of hydrogen-bond donors (Lipinski definition) is 1. The molecule has 0 aromatic heterocycles. The topological polar surface area (TPSA) is 29.5 Å². The molecule has 2 rings (SSSR count). The molecule has 1 aliphatic heterocycles. The lowest BCUT2D eigenvalue weighted by Crippen LogP contribution is -2.20. The van der Waals surface area contributed by atoms with Crippen LogP contribution in [0.1, 0.15) is 18.1 Å². The van der Waals surface area contributed by atoms with E-state index in [-0.39, 0.29) is 0 Å². The number of alkyl halides is 1. The van der Waals surface area contributed by atoms with Gasteiger partial charge >= 0.3 is 0 Å². The van der Waals surface area contributed by atoms with E-state index in [1.54, 1.807) is 18.2 Å². The van der Waals surface area contributed by atoms with Crippen molar-refractivity contribution in [1.82, 2.24) is 0 Å². The lowest BCUT2D eigenvalue weighted by Gasteiger charge is -2.18. The van der Waals surface area contributed by atoms with Gasteiger partial charge in [0.2, 0.25) is 0 Å². The average Bonchev–Trinajstić information content (AvgIpc) is 2.64. The van der Waals surface area contributed by atoms with Crippen LogP contribution in [0.2, 0.25) is 0 Å². The monoisotopic (exact) mass is 196 g/mol. The molecule has 1 aromatic rings. The molecule has 1 atom stereocenters. The van der Waals surface area contributed by atoms with E-state index in [0.717, 1.165) is 17.7 Å². The van der Waals surface area contributed by atoms with Gasteiger partial charge in [0.15, 0.2) is 5.67 Å². The van der Waals surface area contributed by atoms with Crippen LogP contribution >= 0.6 is 0 Å². The summed E-state index contributed by atoms with van der Waals surface area (Å²) in [5, 5.41) is 8.89. The van der Waals surface area contributed by atoms with Gasteiger partial charge in [0, 0.05) is 6.42 Å². The summed E-state index contributed by atoms with van der Waals surface area (Å²) in [6.07, 6.45) is 0.824. The zero-order valence-electron chi connectivity index (χ0n) is 8.09. The molecular weight excluding hydrogens is 183 g/mol. The third kappa shape index (κ3) is 1.48. The molecular formula is C11H13FO2. The van der Waals surface area contributed by atoms with Crippen LogP contribution in [0.25, 0.3) is 0 Å². The Morgan fingerprint density at radius 2 is 2.36 bits per heavy atom. The number of ether oxygens (including phenoxy) is 1. The maximum atomic E-state index is 13.7. The molecule has 0 radical (unpaired) electrons. The molecule has 76 valence electrons. The van der Waals surface area contributed by atoms with E-state index in [1.165, 1.54) is 6.92 Å². The van der Waals surface area contributed by atoms with Crippen LogP contribution in [0.4, 0.5) is 4.39 Å². The van der Waals surface area contributed by atoms with E-state index in [1.807, 2.05) is 0 Å². The molecule has 1 unspecified atom stereocenters. The summed E-state index contributed by atoms with van der Waals surface area (Å²) in [6, 6.07) is 5.21. The highest BCUT2D eigenvalue weighted by molar-refractivity contribution is 5.41. The van der Waals surface area contributed by atoms with Crippen LogP contribution in [-0.4, -0.2) is 18.3 Å². The Morgan fingerprint density at radius 3 is 3.07 bits per heavy atom. The van der Waals surface area contributed by atoms with Gasteiger partial charge in [-0.3, -0.25) is 0 Å². The van der Waals surface area contributed by atoms with Crippen molar-refractivity contribution in [3.8, 4) is 5.75 Å². The van der Waals surface area contributed by atoms with Crippen LogP contribution in [0.5, 0.6) is 5.75 Å². The van der Waals surface area contributed by atoms with Crippen LogP contribution in [-0.2, 0) is 12.1 Å². The first-order valence-electron chi connectivity index (χ1n) is 4.69. The van der Waals surface area contributed by atoms with Gasteiger partial charge in [0.05, 0.1) is 13.2 Å². The molecule has 0 fully saturated rings. The third-order valence-electron chi connectivity index (χ3n) is 2.59. The van der Waals surface area contributed by atoms with Crippen molar-refractivity contribution in [2.75, 3.05) is 13.2 Å². The second-order valence-corrected chi connectivity index (χ2v) is 3.78. The Kier molecular flexibility index (Phi) is 2.19. The fourth-order valence-electron chi connectivity index (χ4n) is 1.60. The smallest absolute Gasteiger partial charge is 0.156 e. The van der Waals surface area contributed by atoms with Crippen molar-refractivity contribution in [1.29, 1.82) is 0 Å². The highest BCUT2D eigenvalue weighted by Crippen LogP contribution is 2.32. The predicted octanol–water partition coefficient (Wildman–Crippen LogP) is 1.80. The van der Waals surface area contributed by atoms with Crippen molar-refractivity contribution < 1.29 is 14.2 Å². The number of halogens is 1. The molecule has 0 aliphatic carbocycles. The second-order valence-electron chi connectivity index (χ2n) is 3.78. The highest BCUT2D eigenvalue weighted by Gasteiger charge is 2.26. The van der Waals surface area contributed by atoms with Gasteiger partial charge in [-0.1, -0.05) is 6.07 Å². The van der Waals surface area contributed by atoms with Crippen LogP contribution in [0, 0.1) is 0 Å². The number of benzene rings is 1. The summed E-state index contributed by atoms with van der Waals surface area (Å²) in [5.74, 6) is 0.836. The fraction of sp³-hybridized carbons (Fsp3) is 0.455. The zero-order chi connectivity index (χ0) is 10.2. The van der Waals surface area contributed by atoms with E-state index < -0.39 is 12.3 Å². The first-order valence-corrected chi connectivity index (χ1v) is 4.69. The van der Waals surface area contributed by atoms with Gasteiger partial charge in [0.1, 0.15) is 5.75 Å². The molecule has 2 nitrogen and oxygen atoms in total. The van der Waals surface area contributed by atoms with Crippen molar-refractivity contribution in [2.24, 2.45) is 0 Å². The van der Waals surface area contributed by atoms with E-state index in [4.69, 9.17) is 9.84 Å². The molecule has 1 aliphatic rings. The average molecular weight is 196 g/mol. The van der Waals surface area contributed by atoms with Gasteiger partial charge in [0.25, 0.3) is 0 Å². The Morgan fingerprint density at radius 1 is 1.57 bits per heavy atom. The molecule has 0 spiro atoms. The summed E-state index contributed by atoms with van der Waals surface area (Å²) in [7, 11) is 0. The molecule has 0 saturated heterocycles. The van der Waals surface area contributed by atoms with Crippen molar-refractivity contribution in [2.45, 2.75) is 19.0 Å². The van der Waals surface area contributed by atoms with E-state index in [0.29, 0.717) is 12.2 Å². The van der Waals surface area contributed by atoms with E-state index in [2.05, 4.69) is 0 Å². The zero-order valence-corrected chi connectivity index (χ0v) is 8.09. The molecule has 0 amide bonds. The van der Waals surface area contributed by atoms with Crippen LogP contribution in [0.15, 0.2) is 18.2 Å². The molecule has 1 heterocycles. The highest BCUT2D eigenvalue weighted by atomic mass is 19.1. The van der Waals surface area contributed by atoms with Gasteiger partial charge in [-0.25, -0.2) is 4.39 Å². The number of rotatable bonds is 2. The first-order chi connectivity index (χ1) is 6.63. The molecule has 1 aromatic carbocycles. The van der Waals surface area contributed by atoms with Crippen molar-refractivity contribution in [3.63, 3.8) is 0 Å². The van der Waals surface area contributed by atoms with Gasteiger partial charge in [-0.15, -0.1) is 0 Å². The Hall–Kier alpha value is -1.09. The minimum Gasteiger partial charge on any atom is -0.493 e. The second kappa shape index (κ2) is 3.24. The standard InChI is InChI=1S/C11H13FO2/c1-11(12,7-13)9-2-3-10-8(6-9)4-5-14-10/h2-3,6,13H,4-5,7H2,1H3. The number of hydrogen-bond acceptors (Lipinski definition) is 2.